The van der Waals surface area contributed by atoms with Crippen molar-refractivity contribution in [3.05, 3.63) is 96.1 Å². The molecule has 2 aliphatic heterocycles. The molecule has 3 aromatic carbocycles. The Morgan fingerprint density at radius 2 is 1.36 bits per heavy atom. The minimum absolute atomic E-state index is 0.0231. The van der Waals surface area contributed by atoms with Gasteiger partial charge in [-0.05, 0) is 23.3 Å². The third kappa shape index (κ3) is 5.20. The summed E-state index contributed by atoms with van der Waals surface area (Å²) in [6, 6.07) is 29.2. The minimum Gasteiger partial charge on any atom is -0.489 e. The molecule has 33 heavy (non-hydrogen) atoms. The molecule has 1 amide bonds. The molecule has 0 bridgehead atoms. The van der Waals surface area contributed by atoms with E-state index in [4.69, 9.17) is 4.74 Å². The molecule has 0 aliphatic carbocycles. The van der Waals surface area contributed by atoms with E-state index < -0.39 is 0 Å². The number of ether oxygens (including phenoxy) is 1. The molecule has 0 unspecified atom stereocenters. The van der Waals surface area contributed by atoms with E-state index in [2.05, 4.69) is 70.5 Å². The lowest BCUT2D eigenvalue weighted by Crippen LogP contribution is -2.51. The molecule has 170 valence electrons. The second kappa shape index (κ2) is 10.1. The number of carbonyl (C=O) groups excluding carboxylic acids is 1. The van der Waals surface area contributed by atoms with Crippen molar-refractivity contribution in [3.63, 3.8) is 0 Å². The highest BCUT2D eigenvalue weighted by atomic mass is 16.5. The van der Waals surface area contributed by atoms with Gasteiger partial charge < -0.3 is 14.5 Å². The lowest BCUT2D eigenvalue weighted by atomic mass is 10.1. The van der Waals surface area contributed by atoms with Crippen molar-refractivity contribution in [3.8, 4) is 5.75 Å². The summed E-state index contributed by atoms with van der Waals surface area (Å²) in [5, 5.41) is 0. The van der Waals surface area contributed by atoms with E-state index in [1.54, 1.807) is 0 Å². The number of fused-ring (bicyclic) bond motifs is 1. The van der Waals surface area contributed by atoms with Crippen LogP contribution in [0.5, 0.6) is 5.75 Å². The van der Waals surface area contributed by atoms with Crippen LogP contribution in [0.25, 0.3) is 0 Å². The fourth-order valence-corrected chi connectivity index (χ4v) is 4.78. The van der Waals surface area contributed by atoms with E-state index in [1.165, 1.54) is 11.1 Å². The maximum Gasteiger partial charge on any atom is 0.224 e. The zero-order chi connectivity index (χ0) is 22.5. The van der Waals surface area contributed by atoms with Gasteiger partial charge in [0.15, 0.2) is 0 Å². The average molecular weight is 442 g/mol. The Morgan fingerprint density at radius 3 is 2.06 bits per heavy atom. The summed E-state index contributed by atoms with van der Waals surface area (Å²) in [5.41, 5.74) is 3.63. The lowest BCUT2D eigenvalue weighted by Gasteiger charge is -2.40. The van der Waals surface area contributed by atoms with Gasteiger partial charge >= 0.3 is 0 Å². The summed E-state index contributed by atoms with van der Waals surface area (Å²) < 4.78 is 6.06. The van der Waals surface area contributed by atoms with Gasteiger partial charge in [-0.1, -0.05) is 72.8 Å². The van der Waals surface area contributed by atoms with E-state index in [-0.39, 0.29) is 11.9 Å². The van der Waals surface area contributed by atoms with Crippen LogP contribution in [0.2, 0.25) is 0 Å². The number of anilines is 1. The van der Waals surface area contributed by atoms with Crippen LogP contribution in [0.1, 0.15) is 17.5 Å². The number of hydrogen-bond donors (Lipinski definition) is 0. The van der Waals surface area contributed by atoms with E-state index in [0.29, 0.717) is 13.0 Å². The van der Waals surface area contributed by atoms with Gasteiger partial charge in [-0.15, -0.1) is 0 Å². The zero-order valence-electron chi connectivity index (χ0n) is 19.0. The predicted molar refractivity (Wildman–Crippen MR) is 131 cm³/mol. The van der Waals surface area contributed by atoms with E-state index in [1.807, 2.05) is 29.2 Å². The SMILES string of the molecule is O=C(C[C@H]1COc2ccccc2N1Cc1ccccc1)N1CCN(Cc2ccccc2)CC1. The second-order valence-corrected chi connectivity index (χ2v) is 8.89. The number of rotatable bonds is 6. The molecule has 1 saturated heterocycles. The summed E-state index contributed by atoms with van der Waals surface area (Å²) in [4.78, 5) is 20.1. The number of benzene rings is 3. The number of para-hydroxylation sites is 2. The molecule has 0 N–H and O–H groups in total. The maximum atomic E-state index is 13.3. The van der Waals surface area contributed by atoms with Crippen molar-refractivity contribution in [1.29, 1.82) is 0 Å². The molecule has 0 spiro atoms. The molecule has 5 heteroatoms. The van der Waals surface area contributed by atoms with Crippen molar-refractivity contribution in [2.24, 2.45) is 0 Å². The largest absolute Gasteiger partial charge is 0.489 e. The Balaban J connectivity index is 1.22. The normalized spacial score (nSPS) is 18.5. The monoisotopic (exact) mass is 441 g/mol. The lowest BCUT2D eigenvalue weighted by molar-refractivity contribution is -0.133. The Morgan fingerprint density at radius 1 is 0.758 bits per heavy atom. The Bertz CT molecular complexity index is 1050. The van der Waals surface area contributed by atoms with E-state index >= 15 is 0 Å². The standard InChI is InChI=1S/C28H31N3O2/c32-28(30-17-15-29(16-18-30)20-23-9-3-1-4-10-23)19-25-22-33-27-14-8-7-13-26(27)31(25)21-24-11-5-2-6-12-24/h1-14,25H,15-22H2/t25-/m0/s1. The van der Waals surface area contributed by atoms with Crippen LogP contribution in [0, 0.1) is 0 Å². The number of nitrogens with zero attached hydrogens (tertiary/aromatic N) is 3. The van der Waals surface area contributed by atoms with Crippen LogP contribution >= 0.6 is 0 Å². The number of hydrogen-bond acceptors (Lipinski definition) is 4. The highest BCUT2D eigenvalue weighted by Crippen LogP contribution is 2.35. The summed E-state index contributed by atoms with van der Waals surface area (Å²) >= 11 is 0. The van der Waals surface area contributed by atoms with Crippen molar-refractivity contribution in [2.75, 3.05) is 37.7 Å². The van der Waals surface area contributed by atoms with Crippen LogP contribution in [0.4, 0.5) is 5.69 Å². The molecule has 2 heterocycles. The second-order valence-electron chi connectivity index (χ2n) is 8.89. The summed E-state index contributed by atoms with van der Waals surface area (Å²) in [6.45, 7) is 5.65. The molecule has 2 aliphatic rings. The van der Waals surface area contributed by atoms with Crippen molar-refractivity contribution < 1.29 is 9.53 Å². The van der Waals surface area contributed by atoms with Gasteiger partial charge in [0.05, 0.1) is 18.2 Å². The molecule has 0 aromatic heterocycles. The van der Waals surface area contributed by atoms with Gasteiger partial charge in [-0.3, -0.25) is 9.69 Å². The third-order valence-electron chi connectivity index (χ3n) is 6.63. The molecule has 0 saturated carbocycles. The molecule has 5 nitrogen and oxygen atoms in total. The smallest absolute Gasteiger partial charge is 0.224 e. The fraction of sp³-hybridized carbons (Fsp3) is 0.321. The molecule has 3 aromatic rings. The zero-order valence-corrected chi connectivity index (χ0v) is 19.0. The van der Waals surface area contributed by atoms with E-state index in [0.717, 1.165) is 50.7 Å². The van der Waals surface area contributed by atoms with Gasteiger partial charge in [0.1, 0.15) is 12.4 Å². The minimum atomic E-state index is 0.0231. The molecule has 1 atom stereocenters. The quantitative estimate of drug-likeness (QED) is 0.575. The third-order valence-corrected chi connectivity index (χ3v) is 6.63. The molecular formula is C28H31N3O2. The predicted octanol–water partition coefficient (Wildman–Crippen LogP) is 4.19. The number of carbonyl (C=O) groups is 1. The van der Waals surface area contributed by atoms with Gasteiger partial charge in [0.25, 0.3) is 0 Å². The van der Waals surface area contributed by atoms with Crippen LogP contribution in [-0.2, 0) is 17.9 Å². The van der Waals surface area contributed by atoms with Gasteiger partial charge in [0.2, 0.25) is 5.91 Å². The highest BCUT2D eigenvalue weighted by molar-refractivity contribution is 5.78. The van der Waals surface area contributed by atoms with Crippen LogP contribution < -0.4 is 9.64 Å². The topological polar surface area (TPSA) is 36.0 Å². The Hall–Kier alpha value is -3.31. The van der Waals surface area contributed by atoms with Crippen LogP contribution in [0.15, 0.2) is 84.9 Å². The molecule has 0 radical (unpaired) electrons. The first-order chi connectivity index (χ1) is 16.3. The van der Waals surface area contributed by atoms with Crippen molar-refractivity contribution >= 4 is 11.6 Å². The Kier molecular flexibility index (Phi) is 6.58. The number of piperazine rings is 1. The van der Waals surface area contributed by atoms with Crippen LogP contribution in [-0.4, -0.2) is 54.5 Å². The van der Waals surface area contributed by atoms with E-state index in [9.17, 15) is 4.79 Å². The summed E-state index contributed by atoms with van der Waals surface area (Å²) in [5.74, 6) is 1.12. The average Bonchev–Trinajstić information content (AvgIpc) is 2.87. The van der Waals surface area contributed by atoms with Gasteiger partial charge in [0, 0.05) is 39.3 Å². The molecular weight excluding hydrogens is 410 g/mol. The highest BCUT2D eigenvalue weighted by Gasteiger charge is 2.31. The van der Waals surface area contributed by atoms with Gasteiger partial charge in [-0.2, -0.15) is 0 Å². The number of amides is 1. The van der Waals surface area contributed by atoms with Crippen LogP contribution in [0.3, 0.4) is 0 Å². The van der Waals surface area contributed by atoms with Crippen molar-refractivity contribution in [2.45, 2.75) is 25.6 Å². The van der Waals surface area contributed by atoms with Gasteiger partial charge in [-0.25, -0.2) is 0 Å². The first-order valence-electron chi connectivity index (χ1n) is 11.8. The molecule has 1 fully saturated rings. The maximum absolute atomic E-state index is 13.3. The molecule has 5 rings (SSSR count). The first-order valence-corrected chi connectivity index (χ1v) is 11.8. The Labute approximate surface area is 196 Å². The fourth-order valence-electron chi connectivity index (χ4n) is 4.78. The summed E-state index contributed by atoms with van der Waals surface area (Å²) in [6.07, 6.45) is 0.472. The first kappa shape index (κ1) is 21.5. The van der Waals surface area contributed by atoms with Crippen molar-refractivity contribution in [1.82, 2.24) is 9.80 Å². The summed E-state index contributed by atoms with van der Waals surface area (Å²) in [7, 11) is 0.